The van der Waals surface area contributed by atoms with Crippen LogP contribution in [0.2, 0.25) is 0 Å². The number of hydrogen-bond acceptors (Lipinski definition) is 6. The normalized spacial score (nSPS) is 10.9. The number of carbonyl (C=O) groups excluding carboxylic acids is 2. The van der Waals surface area contributed by atoms with Crippen LogP contribution in [0, 0.1) is 0 Å². The fourth-order valence-electron chi connectivity index (χ4n) is 1.80. The van der Waals surface area contributed by atoms with Gasteiger partial charge in [0.2, 0.25) is 0 Å². The minimum absolute atomic E-state index is 0.0351. The van der Waals surface area contributed by atoms with E-state index in [9.17, 15) is 9.59 Å². The molecule has 98 valence electrons. The van der Waals surface area contributed by atoms with E-state index in [2.05, 4.69) is 9.78 Å². The highest BCUT2D eigenvalue weighted by molar-refractivity contribution is 5.98. The summed E-state index contributed by atoms with van der Waals surface area (Å²) in [6.45, 7) is 5.31. The van der Waals surface area contributed by atoms with E-state index in [4.69, 9.17) is 10.5 Å². The number of rotatable bonds is 2. The molecule has 0 aliphatic heterocycles. The van der Waals surface area contributed by atoms with Crippen LogP contribution in [0.1, 0.15) is 47.1 Å². The Kier molecular flexibility index (Phi) is 4.05. The van der Waals surface area contributed by atoms with E-state index in [1.54, 1.807) is 20.8 Å². The van der Waals surface area contributed by atoms with Crippen molar-refractivity contribution < 1.29 is 29.9 Å². The Bertz CT molecular complexity index is 438. The van der Waals surface area contributed by atoms with Gasteiger partial charge in [0.15, 0.2) is 0 Å². The highest BCUT2D eigenvalue weighted by atomic mass is 17.1. The molecule has 0 amide bonds. The first-order valence-corrected chi connectivity index (χ1v) is 5.18. The van der Waals surface area contributed by atoms with Crippen LogP contribution in [-0.4, -0.2) is 22.5 Å². The first kappa shape index (κ1) is 14.1. The molecule has 0 radical (unpaired) electrons. The van der Waals surface area contributed by atoms with E-state index in [-0.39, 0.29) is 11.1 Å². The van der Waals surface area contributed by atoms with E-state index < -0.39 is 17.4 Å². The van der Waals surface area contributed by atoms with Crippen molar-refractivity contribution in [2.75, 3.05) is 0 Å². The van der Waals surface area contributed by atoms with E-state index in [1.165, 1.54) is 18.2 Å². The molecule has 0 aliphatic carbocycles. The molecule has 0 aromatic heterocycles. The highest BCUT2D eigenvalue weighted by Gasteiger charge is 2.29. The Morgan fingerprint density at radius 3 is 1.67 bits per heavy atom. The molecule has 1 aromatic carbocycles. The lowest BCUT2D eigenvalue weighted by atomic mass is 9.80. The van der Waals surface area contributed by atoms with Crippen LogP contribution in [0.15, 0.2) is 18.2 Å². The molecule has 18 heavy (non-hydrogen) atoms. The van der Waals surface area contributed by atoms with Gasteiger partial charge in [-0.3, -0.25) is 9.78 Å². The maximum atomic E-state index is 11.5. The van der Waals surface area contributed by atoms with Crippen molar-refractivity contribution in [3.05, 3.63) is 34.9 Å². The molecule has 2 N–H and O–H groups in total. The summed E-state index contributed by atoms with van der Waals surface area (Å²) in [5.74, 6) is -1.96. The van der Waals surface area contributed by atoms with Crippen molar-refractivity contribution >= 4 is 11.9 Å². The fraction of sp³-hybridized carbons (Fsp3) is 0.333. The third-order valence-corrected chi connectivity index (χ3v) is 2.42. The lowest BCUT2D eigenvalue weighted by Crippen LogP contribution is -2.22. The van der Waals surface area contributed by atoms with Gasteiger partial charge in [-0.05, 0) is 23.1 Å². The zero-order valence-electron chi connectivity index (χ0n) is 10.3. The number of hydrogen-bond donors (Lipinski definition) is 2. The SMILES string of the molecule is CC(C)(C)c1c(C(=O)OO)cccc1C(=O)OO. The maximum absolute atomic E-state index is 11.5. The second-order valence-corrected chi connectivity index (χ2v) is 4.74. The molecule has 0 aliphatic rings. The molecule has 6 nitrogen and oxygen atoms in total. The van der Waals surface area contributed by atoms with Crippen molar-refractivity contribution in [3.8, 4) is 0 Å². The highest BCUT2D eigenvalue weighted by Crippen LogP contribution is 2.30. The van der Waals surface area contributed by atoms with Crippen LogP contribution in [0.25, 0.3) is 0 Å². The van der Waals surface area contributed by atoms with Gasteiger partial charge in [0, 0.05) is 0 Å². The summed E-state index contributed by atoms with van der Waals surface area (Å²) >= 11 is 0. The molecule has 0 atom stereocenters. The van der Waals surface area contributed by atoms with E-state index >= 15 is 0 Å². The fourth-order valence-corrected chi connectivity index (χ4v) is 1.80. The van der Waals surface area contributed by atoms with Crippen LogP contribution in [0.4, 0.5) is 0 Å². The van der Waals surface area contributed by atoms with E-state index in [0.29, 0.717) is 5.56 Å². The summed E-state index contributed by atoms with van der Waals surface area (Å²) < 4.78 is 0. The summed E-state index contributed by atoms with van der Waals surface area (Å²) in [5, 5.41) is 16.9. The maximum Gasteiger partial charge on any atom is 0.373 e. The molecule has 1 aromatic rings. The van der Waals surface area contributed by atoms with E-state index in [1.807, 2.05) is 0 Å². The van der Waals surface area contributed by atoms with Gasteiger partial charge in [0.25, 0.3) is 0 Å². The number of benzene rings is 1. The third kappa shape index (κ3) is 2.66. The Hall–Kier alpha value is -1.92. The lowest BCUT2D eigenvalue weighted by Gasteiger charge is -2.23. The van der Waals surface area contributed by atoms with Crippen LogP contribution in [0.3, 0.4) is 0 Å². The van der Waals surface area contributed by atoms with Gasteiger partial charge in [-0.2, -0.15) is 10.5 Å². The molecule has 0 saturated heterocycles. The monoisotopic (exact) mass is 254 g/mol. The molecule has 0 bridgehead atoms. The standard InChI is InChI=1S/C12H14O6/c1-12(2,3)9-7(10(13)17-15)5-4-6-8(9)11(14)18-16/h4-6,15-16H,1-3H3. The molecular weight excluding hydrogens is 240 g/mol. The summed E-state index contributed by atoms with van der Waals surface area (Å²) in [4.78, 5) is 30.3. The Balaban J connectivity index is 3.55. The molecule has 1 rings (SSSR count). The van der Waals surface area contributed by atoms with Crippen LogP contribution < -0.4 is 0 Å². The predicted octanol–water partition coefficient (Wildman–Crippen LogP) is 2.24. The summed E-state index contributed by atoms with van der Waals surface area (Å²) in [6, 6.07) is 4.24. The largest absolute Gasteiger partial charge is 0.373 e. The zero-order valence-corrected chi connectivity index (χ0v) is 10.3. The molecule has 0 fully saturated rings. The lowest BCUT2D eigenvalue weighted by molar-refractivity contribution is -0.183. The zero-order chi connectivity index (χ0) is 13.9. The topological polar surface area (TPSA) is 93.1 Å². The van der Waals surface area contributed by atoms with Crippen molar-refractivity contribution in [2.45, 2.75) is 26.2 Å². The van der Waals surface area contributed by atoms with Crippen LogP contribution >= 0.6 is 0 Å². The number of carbonyl (C=O) groups is 2. The van der Waals surface area contributed by atoms with Crippen molar-refractivity contribution in [2.24, 2.45) is 0 Å². The van der Waals surface area contributed by atoms with Crippen LogP contribution in [0.5, 0.6) is 0 Å². The average Bonchev–Trinajstić information content (AvgIpc) is 2.34. The van der Waals surface area contributed by atoms with Crippen molar-refractivity contribution in [3.63, 3.8) is 0 Å². The average molecular weight is 254 g/mol. The van der Waals surface area contributed by atoms with Gasteiger partial charge in [-0.1, -0.05) is 26.8 Å². The minimum Gasteiger partial charge on any atom is -0.295 e. The summed E-state index contributed by atoms with van der Waals surface area (Å²) in [6.07, 6.45) is 0. The summed E-state index contributed by atoms with van der Waals surface area (Å²) in [7, 11) is 0. The van der Waals surface area contributed by atoms with Gasteiger partial charge in [-0.25, -0.2) is 9.59 Å². The van der Waals surface area contributed by atoms with Gasteiger partial charge in [0.05, 0.1) is 11.1 Å². The molecule has 0 unspecified atom stereocenters. The van der Waals surface area contributed by atoms with Gasteiger partial charge in [0.1, 0.15) is 0 Å². The Morgan fingerprint density at radius 2 is 1.39 bits per heavy atom. The van der Waals surface area contributed by atoms with Crippen molar-refractivity contribution in [1.82, 2.24) is 0 Å². The van der Waals surface area contributed by atoms with Gasteiger partial charge >= 0.3 is 11.9 Å². The third-order valence-electron chi connectivity index (χ3n) is 2.42. The Labute approximate surface area is 104 Å². The predicted molar refractivity (Wildman–Crippen MR) is 61.2 cm³/mol. The molecule has 0 heterocycles. The minimum atomic E-state index is -0.979. The van der Waals surface area contributed by atoms with Gasteiger partial charge < -0.3 is 0 Å². The quantitative estimate of drug-likeness (QED) is 0.621. The first-order valence-electron chi connectivity index (χ1n) is 5.18. The second-order valence-electron chi connectivity index (χ2n) is 4.74. The molecule has 0 saturated carbocycles. The molecule has 6 heteroatoms. The Morgan fingerprint density at radius 1 is 1.00 bits per heavy atom. The first-order chi connectivity index (χ1) is 8.32. The molecular formula is C12H14O6. The van der Waals surface area contributed by atoms with E-state index in [0.717, 1.165) is 0 Å². The smallest absolute Gasteiger partial charge is 0.295 e. The van der Waals surface area contributed by atoms with Crippen molar-refractivity contribution in [1.29, 1.82) is 0 Å². The summed E-state index contributed by atoms with van der Waals surface area (Å²) in [5.41, 5.74) is -0.196. The van der Waals surface area contributed by atoms with Gasteiger partial charge in [-0.15, -0.1) is 0 Å². The van der Waals surface area contributed by atoms with Crippen LogP contribution in [-0.2, 0) is 15.2 Å². The molecule has 0 spiro atoms. The second kappa shape index (κ2) is 5.16.